The van der Waals surface area contributed by atoms with Gasteiger partial charge in [-0.25, -0.2) is 0 Å². The van der Waals surface area contributed by atoms with Crippen molar-refractivity contribution in [2.24, 2.45) is 0 Å². The van der Waals surface area contributed by atoms with Crippen molar-refractivity contribution in [3.05, 3.63) is 34.9 Å². The minimum atomic E-state index is -0.0797. The van der Waals surface area contributed by atoms with Crippen molar-refractivity contribution in [1.82, 2.24) is 0 Å². The molecule has 0 aromatic heterocycles. The Morgan fingerprint density at radius 3 is 2.71 bits per heavy atom. The van der Waals surface area contributed by atoms with Gasteiger partial charge in [0.15, 0.2) is 0 Å². The van der Waals surface area contributed by atoms with Crippen LogP contribution in [0, 0.1) is 0 Å². The predicted octanol–water partition coefficient (Wildman–Crippen LogP) is 2.41. The van der Waals surface area contributed by atoms with Gasteiger partial charge in [0.1, 0.15) is 0 Å². The number of hydrogen-bond donors (Lipinski definition) is 1. The van der Waals surface area contributed by atoms with Crippen LogP contribution in [0.25, 0.3) is 0 Å². The lowest BCUT2D eigenvalue weighted by molar-refractivity contribution is 0.117. The highest BCUT2D eigenvalue weighted by atomic mass is 16.3. The summed E-state index contributed by atoms with van der Waals surface area (Å²) in [5.41, 5.74) is 4.49. The Morgan fingerprint density at radius 1 is 1.07 bits per heavy atom. The van der Waals surface area contributed by atoms with Gasteiger partial charge in [0, 0.05) is 5.92 Å². The monoisotopic (exact) mass is 188 g/mol. The molecule has 1 aromatic rings. The lowest BCUT2D eigenvalue weighted by Crippen LogP contribution is -2.28. The third kappa shape index (κ3) is 1.12. The summed E-state index contributed by atoms with van der Waals surface area (Å²) < 4.78 is 0. The Bertz CT molecular complexity index is 342. The van der Waals surface area contributed by atoms with Crippen LogP contribution >= 0.6 is 0 Å². The van der Waals surface area contributed by atoms with Crippen molar-refractivity contribution in [2.75, 3.05) is 0 Å². The highest BCUT2D eigenvalue weighted by molar-refractivity contribution is 5.42. The van der Waals surface area contributed by atoms with E-state index in [9.17, 15) is 5.11 Å². The average Bonchev–Trinajstić information content (AvgIpc) is 2.24. The molecule has 2 atom stereocenters. The van der Waals surface area contributed by atoms with Crippen molar-refractivity contribution in [1.29, 1.82) is 0 Å². The summed E-state index contributed by atoms with van der Waals surface area (Å²) in [5, 5.41) is 9.97. The van der Waals surface area contributed by atoms with Crippen LogP contribution in [0.2, 0.25) is 0 Å². The third-order valence-corrected chi connectivity index (χ3v) is 3.79. The number of hydrogen-bond acceptors (Lipinski definition) is 1. The summed E-state index contributed by atoms with van der Waals surface area (Å²) >= 11 is 0. The molecule has 0 aliphatic heterocycles. The molecule has 0 bridgehead atoms. The van der Waals surface area contributed by atoms with Crippen LogP contribution in [0.5, 0.6) is 0 Å². The molecule has 0 saturated carbocycles. The van der Waals surface area contributed by atoms with E-state index < -0.39 is 0 Å². The first kappa shape index (κ1) is 8.49. The zero-order chi connectivity index (χ0) is 9.54. The van der Waals surface area contributed by atoms with Gasteiger partial charge in [0.25, 0.3) is 0 Å². The molecule has 2 aliphatic carbocycles. The Balaban J connectivity index is 2.17. The second kappa shape index (κ2) is 3.09. The highest BCUT2D eigenvalue weighted by Crippen LogP contribution is 2.40. The first-order chi connectivity index (χ1) is 6.86. The standard InChI is InChI=1S/C13H16O/c14-12-8-7-10-4-1-3-9-5-2-6-11(12)13(9)10/h1,3-4,11-12,14H,2,5-8H2/t11-,12+/m1/s1. The Hall–Kier alpha value is -0.820. The molecule has 0 saturated heterocycles. The summed E-state index contributed by atoms with van der Waals surface area (Å²) in [7, 11) is 0. The SMILES string of the molecule is O[C@H]1CCc2cccc3c2[C@@H]1CCC3. The first-order valence-corrected chi connectivity index (χ1v) is 5.65. The molecule has 0 spiro atoms. The number of benzene rings is 1. The highest BCUT2D eigenvalue weighted by Gasteiger charge is 2.31. The minimum absolute atomic E-state index is 0.0797. The zero-order valence-corrected chi connectivity index (χ0v) is 8.37. The van der Waals surface area contributed by atoms with Crippen molar-refractivity contribution in [3.8, 4) is 0 Å². The van der Waals surface area contributed by atoms with Gasteiger partial charge in [-0.3, -0.25) is 0 Å². The molecule has 0 fully saturated rings. The Morgan fingerprint density at radius 2 is 1.86 bits per heavy atom. The molecular weight excluding hydrogens is 172 g/mol. The van der Waals surface area contributed by atoms with Crippen molar-refractivity contribution < 1.29 is 5.11 Å². The molecule has 0 unspecified atom stereocenters. The van der Waals surface area contributed by atoms with E-state index >= 15 is 0 Å². The maximum absolute atomic E-state index is 9.97. The smallest absolute Gasteiger partial charge is 0.0612 e. The van der Waals surface area contributed by atoms with E-state index in [1.165, 1.54) is 36.0 Å². The zero-order valence-electron chi connectivity index (χ0n) is 8.37. The van der Waals surface area contributed by atoms with Gasteiger partial charge in [-0.15, -0.1) is 0 Å². The van der Waals surface area contributed by atoms with Crippen LogP contribution < -0.4 is 0 Å². The molecule has 0 amide bonds. The number of aliphatic hydroxyl groups excluding tert-OH is 1. The van der Waals surface area contributed by atoms with Gasteiger partial charge in [-0.1, -0.05) is 18.2 Å². The quantitative estimate of drug-likeness (QED) is 0.663. The van der Waals surface area contributed by atoms with Crippen LogP contribution in [-0.4, -0.2) is 11.2 Å². The van der Waals surface area contributed by atoms with E-state index in [2.05, 4.69) is 18.2 Å². The fourth-order valence-electron chi connectivity index (χ4n) is 3.12. The summed E-state index contributed by atoms with van der Waals surface area (Å²) in [5.74, 6) is 0.448. The predicted molar refractivity (Wildman–Crippen MR) is 56.4 cm³/mol. The normalized spacial score (nSPS) is 29.8. The third-order valence-electron chi connectivity index (χ3n) is 3.79. The van der Waals surface area contributed by atoms with E-state index in [-0.39, 0.29) is 6.10 Å². The summed E-state index contributed by atoms with van der Waals surface area (Å²) in [6, 6.07) is 6.65. The topological polar surface area (TPSA) is 20.2 Å². The second-order valence-electron chi connectivity index (χ2n) is 4.59. The minimum Gasteiger partial charge on any atom is -0.392 e. The molecule has 1 N–H and O–H groups in total. The summed E-state index contributed by atoms with van der Waals surface area (Å²) in [6.45, 7) is 0. The van der Waals surface area contributed by atoms with E-state index in [0.717, 1.165) is 12.8 Å². The van der Waals surface area contributed by atoms with E-state index in [1.807, 2.05) is 0 Å². The van der Waals surface area contributed by atoms with Gasteiger partial charge >= 0.3 is 0 Å². The number of rotatable bonds is 0. The van der Waals surface area contributed by atoms with Crippen LogP contribution in [0.3, 0.4) is 0 Å². The van der Waals surface area contributed by atoms with Crippen molar-refractivity contribution in [2.45, 2.75) is 44.1 Å². The maximum Gasteiger partial charge on any atom is 0.0612 e. The van der Waals surface area contributed by atoms with Crippen LogP contribution in [-0.2, 0) is 12.8 Å². The molecule has 1 aromatic carbocycles. The van der Waals surface area contributed by atoms with Crippen molar-refractivity contribution >= 4 is 0 Å². The van der Waals surface area contributed by atoms with Crippen LogP contribution in [0.1, 0.15) is 41.9 Å². The Labute approximate surface area is 84.8 Å². The van der Waals surface area contributed by atoms with Gasteiger partial charge < -0.3 is 5.11 Å². The number of aliphatic hydroxyl groups is 1. The summed E-state index contributed by atoms with van der Waals surface area (Å²) in [4.78, 5) is 0. The first-order valence-electron chi connectivity index (χ1n) is 5.65. The van der Waals surface area contributed by atoms with E-state index in [1.54, 1.807) is 0 Å². The maximum atomic E-state index is 9.97. The molecule has 14 heavy (non-hydrogen) atoms. The largest absolute Gasteiger partial charge is 0.392 e. The summed E-state index contributed by atoms with van der Waals surface area (Å²) in [6.07, 6.45) is 5.60. The second-order valence-corrected chi connectivity index (χ2v) is 4.59. The Kier molecular flexibility index (Phi) is 1.88. The van der Waals surface area contributed by atoms with Crippen LogP contribution in [0.15, 0.2) is 18.2 Å². The molecular formula is C13H16O. The van der Waals surface area contributed by atoms with Gasteiger partial charge in [-0.05, 0) is 48.8 Å². The molecule has 0 radical (unpaired) electrons. The van der Waals surface area contributed by atoms with Crippen molar-refractivity contribution in [3.63, 3.8) is 0 Å². The number of aryl methyl sites for hydroxylation is 2. The molecule has 1 nitrogen and oxygen atoms in total. The van der Waals surface area contributed by atoms with Crippen LogP contribution in [0.4, 0.5) is 0 Å². The molecule has 2 aliphatic rings. The molecule has 0 heterocycles. The van der Waals surface area contributed by atoms with E-state index in [4.69, 9.17) is 0 Å². The lowest BCUT2D eigenvalue weighted by atomic mass is 9.72. The van der Waals surface area contributed by atoms with Gasteiger partial charge in [0.2, 0.25) is 0 Å². The molecule has 74 valence electrons. The molecule has 3 rings (SSSR count). The average molecular weight is 188 g/mol. The van der Waals surface area contributed by atoms with E-state index in [0.29, 0.717) is 5.92 Å². The molecule has 1 heteroatoms. The fraction of sp³-hybridized carbons (Fsp3) is 0.538. The van der Waals surface area contributed by atoms with Gasteiger partial charge in [-0.2, -0.15) is 0 Å². The van der Waals surface area contributed by atoms with Gasteiger partial charge in [0.05, 0.1) is 6.10 Å². The fourth-order valence-corrected chi connectivity index (χ4v) is 3.12. The lowest BCUT2D eigenvalue weighted by Gasteiger charge is -2.35.